The third kappa shape index (κ3) is 2.72. The largest absolute Gasteiger partial charge is 0.497 e. The summed E-state index contributed by atoms with van der Waals surface area (Å²) in [6.45, 7) is 0. The van der Waals surface area contributed by atoms with Crippen molar-refractivity contribution in [3.8, 4) is 29.1 Å². The predicted octanol–water partition coefficient (Wildman–Crippen LogP) is 3.49. The Balaban J connectivity index is 2.14. The first-order valence-corrected chi connectivity index (χ1v) is 8.11. The van der Waals surface area contributed by atoms with Crippen molar-refractivity contribution in [1.29, 1.82) is 5.26 Å². The van der Waals surface area contributed by atoms with E-state index in [9.17, 15) is 4.79 Å². The molecule has 134 valence electrons. The Labute approximate surface area is 151 Å². The number of methoxy groups -OCH3 is 3. The van der Waals surface area contributed by atoms with Crippen molar-refractivity contribution < 1.29 is 23.7 Å². The number of fused-ring (bicyclic) bond motifs is 1. The zero-order chi connectivity index (χ0) is 18.7. The second-order valence-electron chi connectivity index (χ2n) is 5.85. The van der Waals surface area contributed by atoms with Crippen LogP contribution in [-0.4, -0.2) is 27.1 Å². The van der Waals surface area contributed by atoms with Crippen molar-refractivity contribution >= 4 is 5.78 Å². The average Bonchev–Trinajstić information content (AvgIpc) is 2.98. The molecule has 0 fully saturated rings. The smallest absolute Gasteiger partial charge is 0.218 e. The Kier molecular flexibility index (Phi) is 4.72. The minimum atomic E-state index is -1.27. The van der Waals surface area contributed by atoms with E-state index in [0.717, 1.165) is 0 Å². The van der Waals surface area contributed by atoms with Crippen molar-refractivity contribution in [1.82, 2.24) is 0 Å². The van der Waals surface area contributed by atoms with Gasteiger partial charge in [-0.2, -0.15) is 5.26 Å². The van der Waals surface area contributed by atoms with Crippen LogP contribution in [0.15, 0.2) is 36.4 Å². The molecule has 0 spiro atoms. The third-order valence-electron chi connectivity index (χ3n) is 4.52. The lowest BCUT2D eigenvalue weighted by Crippen LogP contribution is -2.37. The summed E-state index contributed by atoms with van der Waals surface area (Å²) in [4.78, 5) is 13.4. The SMILES string of the molecule is COc1ccc(C2(CCC#N)Oc3cc(OC)cc(OC)c3C2=O)cc1. The van der Waals surface area contributed by atoms with Crippen molar-refractivity contribution in [2.45, 2.75) is 18.4 Å². The van der Waals surface area contributed by atoms with Gasteiger partial charge in [-0.15, -0.1) is 0 Å². The summed E-state index contributed by atoms with van der Waals surface area (Å²) in [6.07, 6.45) is 0.403. The summed E-state index contributed by atoms with van der Waals surface area (Å²) >= 11 is 0. The Morgan fingerprint density at radius 1 is 1.04 bits per heavy atom. The topological polar surface area (TPSA) is 77.8 Å². The molecule has 0 saturated heterocycles. The maximum absolute atomic E-state index is 13.4. The lowest BCUT2D eigenvalue weighted by atomic mass is 9.84. The van der Waals surface area contributed by atoms with Crippen LogP contribution in [0, 0.1) is 11.3 Å². The van der Waals surface area contributed by atoms with Crippen LogP contribution in [0.2, 0.25) is 0 Å². The highest BCUT2D eigenvalue weighted by Gasteiger charge is 2.50. The normalized spacial score (nSPS) is 17.8. The van der Waals surface area contributed by atoms with Gasteiger partial charge in [0.15, 0.2) is 5.60 Å². The standard InChI is InChI=1S/C20H19NO5/c1-23-14-7-5-13(6-8-14)20(9-4-10-21)19(22)18-16(25-3)11-15(24-2)12-17(18)26-20/h5-8,11-12H,4,9H2,1-3H3. The molecule has 1 unspecified atom stereocenters. The number of hydrogen-bond acceptors (Lipinski definition) is 6. The van der Waals surface area contributed by atoms with E-state index < -0.39 is 5.60 Å². The summed E-state index contributed by atoms with van der Waals surface area (Å²) in [5.41, 5.74) is -0.248. The molecule has 1 atom stereocenters. The number of ketones is 1. The van der Waals surface area contributed by atoms with Crippen molar-refractivity contribution in [3.63, 3.8) is 0 Å². The monoisotopic (exact) mass is 353 g/mol. The molecule has 26 heavy (non-hydrogen) atoms. The van der Waals surface area contributed by atoms with Crippen molar-refractivity contribution in [2.24, 2.45) is 0 Å². The minimum absolute atomic E-state index is 0.172. The van der Waals surface area contributed by atoms with Crippen LogP contribution in [0.3, 0.4) is 0 Å². The summed E-state index contributed by atoms with van der Waals surface area (Å²) in [6, 6.07) is 12.5. The molecule has 0 radical (unpaired) electrons. The van der Waals surface area contributed by atoms with Crippen LogP contribution >= 0.6 is 0 Å². The molecule has 0 bridgehead atoms. The van der Waals surface area contributed by atoms with Crippen molar-refractivity contribution in [3.05, 3.63) is 47.5 Å². The number of ether oxygens (including phenoxy) is 4. The third-order valence-corrected chi connectivity index (χ3v) is 4.52. The summed E-state index contributed by atoms with van der Waals surface area (Å²) in [5.74, 6) is 1.75. The molecule has 2 aromatic rings. The number of nitriles is 1. The Hall–Kier alpha value is -3.20. The van der Waals surface area contributed by atoms with E-state index in [2.05, 4.69) is 6.07 Å². The fourth-order valence-electron chi connectivity index (χ4n) is 3.18. The molecule has 1 aliphatic heterocycles. The van der Waals surface area contributed by atoms with Gasteiger partial charge in [0, 0.05) is 30.5 Å². The van der Waals surface area contributed by atoms with Crippen LogP contribution in [0.1, 0.15) is 28.8 Å². The van der Waals surface area contributed by atoms with E-state index in [1.165, 1.54) is 14.2 Å². The molecule has 6 heteroatoms. The Morgan fingerprint density at radius 3 is 2.31 bits per heavy atom. The number of rotatable bonds is 6. The molecule has 3 rings (SSSR count). The highest BCUT2D eigenvalue weighted by atomic mass is 16.5. The molecule has 1 aliphatic rings. The zero-order valence-electron chi connectivity index (χ0n) is 14.9. The number of hydrogen-bond donors (Lipinski definition) is 0. The van der Waals surface area contributed by atoms with Crippen LogP contribution < -0.4 is 18.9 Å². The van der Waals surface area contributed by atoms with Gasteiger partial charge in [0.25, 0.3) is 0 Å². The maximum Gasteiger partial charge on any atom is 0.218 e. The molecule has 0 saturated carbocycles. The van der Waals surface area contributed by atoms with E-state index in [4.69, 9.17) is 24.2 Å². The van der Waals surface area contributed by atoms with E-state index in [1.807, 2.05) is 0 Å². The quantitative estimate of drug-likeness (QED) is 0.791. The lowest BCUT2D eigenvalue weighted by molar-refractivity contribution is 0.0517. The first kappa shape index (κ1) is 17.6. The summed E-state index contributed by atoms with van der Waals surface area (Å²) in [7, 11) is 4.60. The molecular formula is C20H19NO5. The van der Waals surface area contributed by atoms with Gasteiger partial charge in [-0.1, -0.05) is 12.1 Å². The molecule has 1 heterocycles. The summed E-state index contributed by atoms with van der Waals surface area (Å²) in [5, 5.41) is 9.07. The molecule has 0 amide bonds. The number of Topliss-reactive ketones (excluding diaryl/α,β-unsaturated/α-hetero) is 1. The number of benzene rings is 2. The molecule has 0 aliphatic carbocycles. The highest BCUT2D eigenvalue weighted by Crippen LogP contribution is 2.49. The van der Waals surface area contributed by atoms with E-state index in [1.54, 1.807) is 43.5 Å². The molecule has 2 aromatic carbocycles. The van der Waals surface area contributed by atoms with Gasteiger partial charge >= 0.3 is 0 Å². The van der Waals surface area contributed by atoms with E-state index in [0.29, 0.717) is 34.1 Å². The van der Waals surface area contributed by atoms with Gasteiger partial charge in [-0.05, 0) is 12.1 Å². The first-order chi connectivity index (χ1) is 12.6. The van der Waals surface area contributed by atoms with Gasteiger partial charge in [-0.25, -0.2) is 0 Å². The number of carbonyl (C=O) groups excluding carboxylic acids is 1. The first-order valence-electron chi connectivity index (χ1n) is 8.11. The minimum Gasteiger partial charge on any atom is -0.497 e. The molecule has 0 aromatic heterocycles. The van der Waals surface area contributed by atoms with Crippen molar-refractivity contribution in [2.75, 3.05) is 21.3 Å². The van der Waals surface area contributed by atoms with E-state index in [-0.39, 0.29) is 18.6 Å². The number of carbonyl (C=O) groups is 1. The zero-order valence-corrected chi connectivity index (χ0v) is 14.9. The maximum atomic E-state index is 13.4. The second kappa shape index (κ2) is 6.96. The van der Waals surface area contributed by atoms with Crippen LogP contribution in [0.25, 0.3) is 0 Å². The predicted molar refractivity (Wildman–Crippen MR) is 94.0 cm³/mol. The lowest BCUT2D eigenvalue weighted by Gasteiger charge is -2.27. The van der Waals surface area contributed by atoms with Gasteiger partial charge < -0.3 is 18.9 Å². The highest BCUT2D eigenvalue weighted by molar-refractivity contribution is 6.10. The fourth-order valence-corrected chi connectivity index (χ4v) is 3.18. The van der Waals surface area contributed by atoms with Gasteiger partial charge in [0.05, 0.1) is 27.4 Å². The fraction of sp³-hybridized carbons (Fsp3) is 0.300. The second-order valence-corrected chi connectivity index (χ2v) is 5.85. The van der Waals surface area contributed by atoms with Gasteiger partial charge in [0.2, 0.25) is 5.78 Å². The van der Waals surface area contributed by atoms with Gasteiger partial charge in [-0.3, -0.25) is 4.79 Å². The average molecular weight is 353 g/mol. The molecule has 6 nitrogen and oxygen atoms in total. The van der Waals surface area contributed by atoms with E-state index >= 15 is 0 Å². The Morgan fingerprint density at radius 2 is 1.73 bits per heavy atom. The van der Waals surface area contributed by atoms with Crippen LogP contribution in [-0.2, 0) is 5.60 Å². The molecule has 0 N–H and O–H groups in total. The Bertz CT molecular complexity index is 869. The number of nitrogens with zero attached hydrogens (tertiary/aromatic N) is 1. The summed E-state index contributed by atoms with van der Waals surface area (Å²) < 4.78 is 22.0. The van der Waals surface area contributed by atoms with Crippen LogP contribution in [0.4, 0.5) is 0 Å². The van der Waals surface area contributed by atoms with Crippen LogP contribution in [0.5, 0.6) is 23.0 Å². The van der Waals surface area contributed by atoms with Gasteiger partial charge in [0.1, 0.15) is 28.6 Å². The molecular weight excluding hydrogens is 334 g/mol.